The summed E-state index contributed by atoms with van der Waals surface area (Å²) in [6.45, 7) is 2.57. The molecule has 0 bridgehead atoms. The van der Waals surface area contributed by atoms with E-state index in [2.05, 4.69) is 35.8 Å². The second-order valence-electron chi connectivity index (χ2n) is 6.32. The van der Waals surface area contributed by atoms with Gasteiger partial charge in [-0.1, -0.05) is 56.2 Å². The Bertz CT molecular complexity index is 647. The molecule has 0 radical (unpaired) electrons. The maximum atomic E-state index is 12.2. The third-order valence-electron chi connectivity index (χ3n) is 4.69. The van der Waals surface area contributed by atoms with Gasteiger partial charge in [0, 0.05) is 17.1 Å². The first-order valence-corrected chi connectivity index (χ1v) is 8.25. The maximum Gasteiger partial charge on any atom is 0.239 e. The lowest BCUT2D eigenvalue weighted by atomic mass is 9.86. The monoisotopic (exact) mass is 296 g/mol. The van der Waals surface area contributed by atoms with E-state index in [1.54, 1.807) is 0 Å². The van der Waals surface area contributed by atoms with Gasteiger partial charge in [0.25, 0.3) is 0 Å². The molecule has 1 aliphatic carbocycles. The molecule has 22 heavy (non-hydrogen) atoms. The van der Waals surface area contributed by atoms with E-state index in [1.165, 1.54) is 24.6 Å². The molecule has 0 saturated heterocycles. The molecule has 3 nitrogen and oxygen atoms in total. The largest absolute Gasteiger partial charge is 0.376 e. The maximum absolute atomic E-state index is 12.2. The minimum atomic E-state index is 0.0895. The fourth-order valence-electron chi connectivity index (χ4n) is 3.34. The average molecular weight is 296 g/mol. The van der Waals surface area contributed by atoms with Crippen LogP contribution in [0.1, 0.15) is 32.6 Å². The van der Waals surface area contributed by atoms with Gasteiger partial charge in [-0.15, -0.1) is 0 Å². The van der Waals surface area contributed by atoms with E-state index >= 15 is 0 Å². The first-order valence-electron chi connectivity index (χ1n) is 8.25. The van der Waals surface area contributed by atoms with Crippen LogP contribution in [0.5, 0.6) is 0 Å². The van der Waals surface area contributed by atoms with Crippen LogP contribution in [0.4, 0.5) is 5.69 Å². The molecule has 0 heterocycles. The predicted octanol–water partition coefficient (Wildman–Crippen LogP) is 3.95. The molecule has 1 amide bonds. The molecule has 3 heteroatoms. The summed E-state index contributed by atoms with van der Waals surface area (Å²) in [5.41, 5.74) is 1.02. The van der Waals surface area contributed by atoms with E-state index in [1.807, 2.05) is 24.3 Å². The summed E-state index contributed by atoms with van der Waals surface area (Å²) in [6, 6.07) is 14.7. The zero-order valence-electron chi connectivity index (χ0n) is 13.1. The highest BCUT2D eigenvalue weighted by molar-refractivity contribution is 5.95. The van der Waals surface area contributed by atoms with Crippen LogP contribution < -0.4 is 10.6 Å². The Morgan fingerprint density at radius 1 is 1.09 bits per heavy atom. The molecule has 2 unspecified atom stereocenters. The van der Waals surface area contributed by atoms with Crippen LogP contribution in [0.3, 0.4) is 0 Å². The Balaban J connectivity index is 1.60. The highest BCUT2D eigenvalue weighted by atomic mass is 16.2. The standard InChI is InChI=1S/C19H24N2O/c1-14-7-2-5-11-17(14)21-19(22)13-20-18-12-6-9-15-8-3-4-10-16(15)18/h3-4,6,8-10,12,14,17,20H,2,5,7,11,13H2,1H3,(H,21,22). The number of carbonyl (C=O) groups is 1. The molecule has 2 aromatic rings. The SMILES string of the molecule is CC1CCCCC1NC(=O)CNc1cccc2ccccc12. The molecule has 0 aliphatic heterocycles. The minimum Gasteiger partial charge on any atom is -0.376 e. The number of fused-ring (bicyclic) bond motifs is 1. The zero-order valence-corrected chi connectivity index (χ0v) is 13.1. The number of hydrogen-bond acceptors (Lipinski definition) is 2. The van der Waals surface area contributed by atoms with E-state index in [-0.39, 0.29) is 5.91 Å². The number of rotatable bonds is 4. The second kappa shape index (κ2) is 6.82. The summed E-state index contributed by atoms with van der Waals surface area (Å²) < 4.78 is 0. The van der Waals surface area contributed by atoms with Crippen molar-refractivity contribution in [3.8, 4) is 0 Å². The smallest absolute Gasteiger partial charge is 0.239 e. The van der Waals surface area contributed by atoms with Crippen molar-refractivity contribution in [2.24, 2.45) is 5.92 Å². The molecule has 1 aliphatic rings. The van der Waals surface area contributed by atoms with Crippen molar-refractivity contribution in [3.05, 3.63) is 42.5 Å². The number of carbonyl (C=O) groups excluding carboxylic acids is 1. The fourth-order valence-corrected chi connectivity index (χ4v) is 3.34. The van der Waals surface area contributed by atoms with Crippen molar-refractivity contribution in [3.63, 3.8) is 0 Å². The first kappa shape index (κ1) is 14.9. The van der Waals surface area contributed by atoms with Gasteiger partial charge in [0.05, 0.1) is 6.54 Å². The highest BCUT2D eigenvalue weighted by Crippen LogP contribution is 2.24. The summed E-state index contributed by atoms with van der Waals surface area (Å²) in [6.07, 6.45) is 4.86. The van der Waals surface area contributed by atoms with Crippen LogP contribution in [0.15, 0.2) is 42.5 Å². The van der Waals surface area contributed by atoms with Crippen molar-refractivity contribution < 1.29 is 4.79 Å². The van der Waals surface area contributed by atoms with Crippen LogP contribution in [0.25, 0.3) is 10.8 Å². The number of benzene rings is 2. The normalized spacial score (nSPS) is 21.5. The second-order valence-corrected chi connectivity index (χ2v) is 6.32. The lowest BCUT2D eigenvalue weighted by molar-refractivity contribution is -0.120. The molecule has 0 spiro atoms. The lowest BCUT2D eigenvalue weighted by Gasteiger charge is -2.29. The molecule has 3 rings (SSSR count). The van der Waals surface area contributed by atoms with Gasteiger partial charge in [-0.05, 0) is 30.2 Å². The number of anilines is 1. The Morgan fingerprint density at radius 2 is 1.86 bits per heavy atom. The van der Waals surface area contributed by atoms with E-state index in [9.17, 15) is 4.79 Å². The van der Waals surface area contributed by atoms with Gasteiger partial charge >= 0.3 is 0 Å². The first-order chi connectivity index (χ1) is 10.7. The van der Waals surface area contributed by atoms with Gasteiger partial charge in [0.1, 0.15) is 0 Å². The average Bonchev–Trinajstić information content (AvgIpc) is 2.55. The quantitative estimate of drug-likeness (QED) is 0.897. The third-order valence-corrected chi connectivity index (χ3v) is 4.69. The summed E-state index contributed by atoms with van der Waals surface area (Å²) in [4.78, 5) is 12.2. The van der Waals surface area contributed by atoms with Crippen molar-refractivity contribution in [1.82, 2.24) is 5.32 Å². The number of nitrogens with one attached hydrogen (secondary N) is 2. The van der Waals surface area contributed by atoms with Gasteiger partial charge in [0.15, 0.2) is 0 Å². The van der Waals surface area contributed by atoms with Gasteiger partial charge in [-0.3, -0.25) is 4.79 Å². The van der Waals surface area contributed by atoms with Crippen molar-refractivity contribution in [2.45, 2.75) is 38.6 Å². The van der Waals surface area contributed by atoms with Crippen LogP contribution in [0, 0.1) is 5.92 Å². The predicted molar refractivity (Wildman–Crippen MR) is 92.0 cm³/mol. The molecule has 1 saturated carbocycles. The van der Waals surface area contributed by atoms with Gasteiger partial charge in [0.2, 0.25) is 5.91 Å². The lowest BCUT2D eigenvalue weighted by Crippen LogP contribution is -2.43. The van der Waals surface area contributed by atoms with Gasteiger partial charge in [-0.2, -0.15) is 0 Å². The van der Waals surface area contributed by atoms with E-state index in [0.29, 0.717) is 18.5 Å². The summed E-state index contributed by atoms with van der Waals surface area (Å²) >= 11 is 0. The molecular formula is C19H24N2O. The van der Waals surface area contributed by atoms with Gasteiger partial charge in [-0.25, -0.2) is 0 Å². The van der Waals surface area contributed by atoms with E-state index in [0.717, 1.165) is 17.5 Å². The van der Waals surface area contributed by atoms with Crippen LogP contribution in [-0.2, 0) is 4.79 Å². The molecule has 116 valence electrons. The Labute approximate surface area is 132 Å². The molecule has 2 N–H and O–H groups in total. The zero-order chi connectivity index (χ0) is 15.4. The topological polar surface area (TPSA) is 41.1 Å². The number of hydrogen-bond donors (Lipinski definition) is 2. The summed E-state index contributed by atoms with van der Waals surface area (Å²) in [5.74, 6) is 0.682. The van der Waals surface area contributed by atoms with E-state index < -0.39 is 0 Å². The van der Waals surface area contributed by atoms with Crippen molar-refractivity contribution in [2.75, 3.05) is 11.9 Å². The molecule has 0 aromatic heterocycles. The summed E-state index contributed by atoms with van der Waals surface area (Å²) in [7, 11) is 0. The molecule has 2 aromatic carbocycles. The minimum absolute atomic E-state index is 0.0895. The van der Waals surface area contributed by atoms with Crippen molar-refractivity contribution in [1.29, 1.82) is 0 Å². The van der Waals surface area contributed by atoms with Crippen LogP contribution in [-0.4, -0.2) is 18.5 Å². The van der Waals surface area contributed by atoms with Crippen LogP contribution in [0.2, 0.25) is 0 Å². The Hall–Kier alpha value is -2.03. The fraction of sp³-hybridized carbons (Fsp3) is 0.421. The molecule has 2 atom stereocenters. The van der Waals surface area contributed by atoms with Crippen molar-refractivity contribution >= 4 is 22.4 Å². The Morgan fingerprint density at radius 3 is 2.73 bits per heavy atom. The van der Waals surface area contributed by atoms with Gasteiger partial charge < -0.3 is 10.6 Å². The third kappa shape index (κ3) is 3.41. The van der Waals surface area contributed by atoms with Crippen LogP contribution >= 0.6 is 0 Å². The molecular weight excluding hydrogens is 272 g/mol. The summed E-state index contributed by atoms with van der Waals surface area (Å²) in [5, 5.41) is 8.81. The Kier molecular flexibility index (Phi) is 4.62. The van der Waals surface area contributed by atoms with E-state index in [4.69, 9.17) is 0 Å². The molecule has 1 fully saturated rings. The number of amides is 1. The highest BCUT2D eigenvalue weighted by Gasteiger charge is 2.22.